The molecule has 0 N–H and O–H groups in total. The third kappa shape index (κ3) is 4.57. The highest BCUT2D eigenvalue weighted by molar-refractivity contribution is 5.91. The molecule has 3 nitrogen and oxygen atoms in total. The predicted molar refractivity (Wildman–Crippen MR) is 124 cm³/mol. The number of hydrogen-bond acceptors (Lipinski definition) is 2. The van der Waals surface area contributed by atoms with Crippen molar-refractivity contribution in [3.05, 3.63) is 42.5 Å². The summed E-state index contributed by atoms with van der Waals surface area (Å²) in [5.74, 6) is 0. The second-order valence-electron chi connectivity index (χ2n) is 8.34. The fourth-order valence-electron chi connectivity index (χ4n) is 3.92. The van der Waals surface area contributed by atoms with E-state index in [2.05, 4.69) is 91.9 Å². The van der Waals surface area contributed by atoms with Gasteiger partial charge in [-0.15, -0.1) is 0 Å². The number of unbranched alkanes of at least 4 members (excludes halogenated alkanes) is 5. The molecule has 0 aliphatic carbocycles. The van der Waals surface area contributed by atoms with Gasteiger partial charge in [0.2, 0.25) is 11.0 Å². The average molecular weight is 379 g/mol. The van der Waals surface area contributed by atoms with Crippen molar-refractivity contribution >= 4 is 33.2 Å². The van der Waals surface area contributed by atoms with Crippen LogP contribution in [0.2, 0.25) is 0 Å². The van der Waals surface area contributed by atoms with Crippen LogP contribution in [-0.4, -0.2) is 28.2 Å². The van der Waals surface area contributed by atoms with Gasteiger partial charge in [0, 0.05) is 68.9 Å². The molecule has 3 heteroatoms. The van der Waals surface area contributed by atoms with E-state index in [1.165, 1.54) is 71.7 Å². The lowest BCUT2D eigenvalue weighted by Crippen LogP contribution is -2.36. The van der Waals surface area contributed by atoms with E-state index in [1.807, 2.05) is 0 Å². The molecule has 0 saturated carbocycles. The van der Waals surface area contributed by atoms with Crippen LogP contribution in [0.5, 0.6) is 0 Å². The summed E-state index contributed by atoms with van der Waals surface area (Å²) < 4.78 is 2.55. The van der Waals surface area contributed by atoms with Gasteiger partial charge in [0.25, 0.3) is 0 Å². The molecule has 2 aromatic carbocycles. The fourth-order valence-corrected chi connectivity index (χ4v) is 3.92. The Morgan fingerprint density at radius 2 is 1.14 bits per heavy atom. The Bertz CT molecular complexity index is 862. The topological polar surface area (TPSA) is 10.4 Å². The highest BCUT2D eigenvalue weighted by Gasteiger charge is 2.17. The molecule has 28 heavy (non-hydrogen) atoms. The molecule has 0 atom stereocenters. The zero-order valence-electron chi connectivity index (χ0n) is 18.3. The maximum Gasteiger partial charge on any atom is 0.215 e. The Morgan fingerprint density at radius 3 is 1.64 bits per heavy atom. The van der Waals surface area contributed by atoms with Gasteiger partial charge in [-0.25, -0.2) is 0 Å². The number of pyridine rings is 1. The van der Waals surface area contributed by atoms with Crippen molar-refractivity contribution in [2.24, 2.45) is 0 Å². The van der Waals surface area contributed by atoms with Crippen molar-refractivity contribution in [2.45, 2.75) is 52.0 Å². The largest absolute Gasteiger partial charge is 0.377 e. The van der Waals surface area contributed by atoms with Crippen LogP contribution in [0.25, 0.3) is 21.8 Å². The van der Waals surface area contributed by atoms with E-state index in [1.54, 1.807) is 0 Å². The van der Waals surface area contributed by atoms with Gasteiger partial charge < -0.3 is 9.80 Å². The van der Waals surface area contributed by atoms with Crippen LogP contribution in [-0.2, 0) is 6.54 Å². The van der Waals surface area contributed by atoms with Crippen molar-refractivity contribution in [3.8, 4) is 0 Å². The molecule has 0 amide bonds. The summed E-state index contributed by atoms with van der Waals surface area (Å²) >= 11 is 0. The molecule has 150 valence electrons. The first-order chi connectivity index (χ1) is 13.5. The first-order valence-electron chi connectivity index (χ1n) is 10.8. The SMILES string of the molecule is CCCCCCCC[n+]1c2cc(N(C)C)ccc2cc2ccc(N(C)C)cc21. The smallest absolute Gasteiger partial charge is 0.215 e. The van der Waals surface area contributed by atoms with Crippen molar-refractivity contribution in [2.75, 3.05) is 38.0 Å². The first kappa shape index (κ1) is 20.4. The van der Waals surface area contributed by atoms with E-state index < -0.39 is 0 Å². The molecule has 3 rings (SSSR count). The molecule has 1 aromatic heterocycles. The van der Waals surface area contributed by atoms with Gasteiger partial charge in [-0.1, -0.05) is 32.6 Å². The van der Waals surface area contributed by atoms with E-state index >= 15 is 0 Å². The van der Waals surface area contributed by atoms with E-state index in [0.29, 0.717) is 0 Å². The monoisotopic (exact) mass is 378 g/mol. The fraction of sp³-hybridized carbons (Fsp3) is 0.480. The molecule has 3 aromatic rings. The number of benzene rings is 2. The molecule has 0 saturated heterocycles. The Hall–Kier alpha value is -2.29. The summed E-state index contributed by atoms with van der Waals surface area (Å²) in [6.07, 6.45) is 7.94. The van der Waals surface area contributed by atoms with Crippen LogP contribution in [0, 0.1) is 0 Å². The summed E-state index contributed by atoms with van der Waals surface area (Å²) in [5.41, 5.74) is 5.19. The first-order valence-corrected chi connectivity index (χ1v) is 10.8. The molecule has 0 fully saturated rings. The maximum atomic E-state index is 2.55. The highest BCUT2D eigenvalue weighted by Crippen LogP contribution is 2.25. The van der Waals surface area contributed by atoms with Gasteiger partial charge in [0.05, 0.1) is 0 Å². The quantitative estimate of drug-likeness (QED) is 0.266. The van der Waals surface area contributed by atoms with Crippen molar-refractivity contribution in [1.29, 1.82) is 0 Å². The molecule has 0 aliphatic rings. The van der Waals surface area contributed by atoms with E-state index in [0.717, 1.165) is 6.54 Å². The molecule has 0 aliphatic heterocycles. The lowest BCUT2D eigenvalue weighted by molar-refractivity contribution is -0.645. The highest BCUT2D eigenvalue weighted by atomic mass is 15.1. The van der Waals surface area contributed by atoms with Gasteiger partial charge in [0.15, 0.2) is 0 Å². The van der Waals surface area contributed by atoms with Gasteiger partial charge in [-0.05, 0) is 36.8 Å². The lowest BCUT2D eigenvalue weighted by atomic mass is 10.1. The summed E-state index contributed by atoms with van der Waals surface area (Å²) in [7, 11) is 8.46. The lowest BCUT2D eigenvalue weighted by Gasteiger charge is -2.15. The maximum absolute atomic E-state index is 2.55. The molecule has 0 radical (unpaired) electrons. The standard InChI is InChI=1S/C25H36N3/c1-6-7-8-9-10-11-16-28-24-18-22(26(2)3)14-12-20(24)17-21-13-15-23(27(4)5)19-25(21)28/h12-15,17-19H,6-11,16H2,1-5H3/q+1. The van der Waals surface area contributed by atoms with Crippen LogP contribution in [0.1, 0.15) is 45.4 Å². The van der Waals surface area contributed by atoms with Crippen LogP contribution >= 0.6 is 0 Å². The molecule has 0 spiro atoms. The predicted octanol–water partition coefficient (Wildman–Crippen LogP) is 5.77. The Labute approximate surface area is 170 Å². The zero-order chi connectivity index (χ0) is 20.1. The molecule has 0 unspecified atom stereocenters. The number of rotatable bonds is 9. The number of aromatic nitrogens is 1. The van der Waals surface area contributed by atoms with E-state index in [4.69, 9.17) is 0 Å². The number of anilines is 2. The second-order valence-corrected chi connectivity index (χ2v) is 8.34. The number of hydrogen-bond donors (Lipinski definition) is 0. The molecular formula is C25H36N3+. The zero-order valence-corrected chi connectivity index (χ0v) is 18.3. The van der Waals surface area contributed by atoms with Crippen molar-refractivity contribution in [1.82, 2.24) is 0 Å². The average Bonchev–Trinajstić information content (AvgIpc) is 2.68. The number of fused-ring (bicyclic) bond motifs is 2. The molecule has 0 bridgehead atoms. The third-order valence-corrected chi connectivity index (χ3v) is 5.69. The van der Waals surface area contributed by atoms with Crippen LogP contribution in [0.3, 0.4) is 0 Å². The number of aryl methyl sites for hydroxylation is 1. The summed E-state index contributed by atoms with van der Waals surface area (Å²) in [5, 5.41) is 2.64. The van der Waals surface area contributed by atoms with Crippen LogP contribution < -0.4 is 14.4 Å². The van der Waals surface area contributed by atoms with Gasteiger partial charge in [-0.3, -0.25) is 0 Å². The minimum absolute atomic E-state index is 1.08. The molecular weight excluding hydrogens is 342 g/mol. The Kier molecular flexibility index (Phi) is 6.77. The van der Waals surface area contributed by atoms with Gasteiger partial charge in [-0.2, -0.15) is 4.57 Å². The van der Waals surface area contributed by atoms with Crippen LogP contribution in [0.4, 0.5) is 11.4 Å². The number of nitrogens with zero attached hydrogens (tertiary/aromatic N) is 3. The van der Waals surface area contributed by atoms with Gasteiger partial charge in [0.1, 0.15) is 6.54 Å². The minimum Gasteiger partial charge on any atom is -0.377 e. The summed E-state index contributed by atoms with van der Waals surface area (Å²) in [6.45, 7) is 3.36. The minimum atomic E-state index is 1.08. The van der Waals surface area contributed by atoms with Crippen LogP contribution in [0.15, 0.2) is 42.5 Å². The normalized spacial score (nSPS) is 11.3. The Balaban J connectivity index is 2.03. The summed E-state index contributed by atoms with van der Waals surface area (Å²) in [4.78, 5) is 4.38. The van der Waals surface area contributed by atoms with Crippen molar-refractivity contribution in [3.63, 3.8) is 0 Å². The molecule has 1 heterocycles. The van der Waals surface area contributed by atoms with E-state index in [-0.39, 0.29) is 0 Å². The third-order valence-electron chi connectivity index (χ3n) is 5.69. The van der Waals surface area contributed by atoms with Gasteiger partial charge >= 0.3 is 0 Å². The van der Waals surface area contributed by atoms with E-state index in [9.17, 15) is 0 Å². The van der Waals surface area contributed by atoms with Crippen molar-refractivity contribution < 1.29 is 4.57 Å². The second kappa shape index (κ2) is 9.27. The Morgan fingerprint density at radius 1 is 0.643 bits per heavy atom. The summed E-state index contributed by atoms with van der Waals surface area (Å²) in [6, 6.07) is 16.0.